The van der Waals surface area contributed by atoms with Gasteiger partial charge in [-0.05, 0) is 50.3 Å². The summed E-state index contributed by atoms with van der Waals surface area (Å²) in [6.07, 6.45) is 3.76. The monoisotopic (exact) mass is 324 g/mol. The zero-order chi connectivity index (χ0) is 13.8. The average molecular weight is 325 g/mol. The van der Waals surface area contributed by atoms with Crippen LogP contribution in [0.1, 0.15) is 44.2 Å². The van der Waals surface area contributed by atoms with Gasteiger partial charge in [0.15, 0.2) is 0 Å². The smallest absolute Gasteiger partial charge is 0.223 e. The minimum absolute atomic E-state index is 0.0520. The van der Waals surface area contributed by atoms with Crippen molar-refractivity contribution in [2.75, 3.05) is 0 Å². The summed E-state index contributed by atoms with van der Waals surface area (Å²) in [5.41, 5.74) is 7.00. The number of amides is 1. The molecule has 0 heterocycles. The molecule has 0 bridgehead atoms. The Kier molecular flexibility index (Phi) is 4.99. The predicted octanol–water partition coefficient (Wildman–Crippen LogP) is 3.14. The first-order valence-electron chi connectivity index (χ1n) is 6.87. The first kappa shape index (κ1) is 14.5. The molecule has 0 radical (unpaired) electrons. The van der Waals surface area contributed by atoms with Crippen molar-refractivity contribution >= 4 is 21.8 Å². The molecule has 104 valence electrons. The molecule has 0 unspecified atom stereocenters. The molecule has 3 N–H and O–H groups in total. The average Bonchev–Trinajstić information content (AvgIpc) is 2.40. The Morgan fingerprint density at radius 1 is 1.26 bits per heavy atom. The summed E-state index contributed by atoms with van der Waals surface area (Å²) in [4.78, 5) is 12.2. The second-order valence-electron chi connectivity index (χ2n) is 5.39. The quantitative estimate of drug-likeness (QED) is 0.897. The molecule has 2 rings (SSSR count). The van der Waals surface area contributed by atoms with E-state index in [4.69, 9.17) is 5.73 Å². The maximum atomic E-state index is 12.2. The third kappa shape index (κ3) is 4.05. The normalized spacial score (nSPS) is 24.8. The van der Waals surface area contributed by atoms with Gasteiger partial charge in [0.1, 0.15) is 0 Å². The van der Waals surface area contributed by atoms with E-state index in [1.165, 1.54) is 0 Å². The fraction of sp³-hybridized carbons (Fsp3) is 0.533. The van der Waals surface area contributed by atoms with Gasteiger partial charge in [0.2, 0.25) is 5.91 Å². The first-order valence-corrected chi connectivity index (χ1v) is 7.67. The van der Waals surface area contributed by atoms with Crippen molar-refractivity contribution in [1.29, 1.82) is 0 Å². The van der Waals surface area contributed by atoms with Gasteiger partial charge in [0.25, 0.3) is 0 Å². The van der Waals surface area contributed by atoms with Crippen LogP contribution in [-0.2, 0) is 4.79 Å². The number of rotatable bonds is 3. The Bertz CT molecular complexity index is 424. The molecule has 0 aromatic heterocycles. The van der Waals surface area contributed by atoms with Crippen LogP contribution in [0.3, 0.4) is 0 Å². The van der Waals surface area contributed by atoms with Gasteiger partial charge in [-0.1, -0.05) is 28.1 Å². The van der Waals surface area contributed by atoms with Gasteiger partial charge in [-0.25, -0.2) is 0 Å². The van der Waals surface area contributed by atoms with Crippen LogP contribution in [0.5, 0.6) is 0 Å². The van der Waals surface area contributed by atoms with Crippen molar-refractivity contribution in [3.8, 4) is 0 Å². The number of benzene rings is 1. The second kappa shape index (κ2) is 6.53. The fourth-order valence-corrected chi connectivity index (χ4v) is 2.81. The SMILES string of the molecule is C[C@@H](NC(=O)C1CCC(N)CC1)c1ccc(Br)cc1. The summed E-state index contributed by atoms with van der Waals surface area (Å²) in [7, 11) is 0. The van der Waals surface area contributed by atoms with Crippen molar-refractivity contribution < 1.29 is 4.79 Å². The molecule has 1 aromatic carbocycles. The Balaban J connectivity index is 1.89. The minimum atomic E-state index is 0.0520. The number of nitrogens with two attached hydrogens (primary N) is 1. The molecule has 0 aliphatic heterocycles. The lowest BCUT2D eigenvalue weighted by Gasteiger charge is -2.26. The van der Waals surface area contributed by atoms with E-state index in [1.54, 1.807) is 0 Å². The zero-order valence-corrected chi connectivity index (χ0v) is 12.8. The molecular weight excluding hydrogens is 304 g/mol. The van der Waals surface area contributed by atoms with Gasteiger partial charge in [0.05, 0.1) is 6.04 Å². The van der Waals surface area contributed by atoms with Crippen LogP contribution in [0.4, 0.5) is 0 Å². The molecule has 1 aromatic rings. The summed E-state index contributed by atoms with van der Waals surface area (Å²) in [6.45, 7) is 2.02. The van der Waals surface area contributed by atoms with E-state index in [2.05, 4.69) is 21.2 Å². The van der Waals surface area contributed by atoms with E-state index < -0.39 is 0 Å². The molecule has 1 saturated carbocycles. The molecule has 1 amide bonds. The fourth-order valence-electron chi connectivity index (χ4n) is 2.55. The molecule has 4 heteroatoms. The molecule has 19 heavy (non-hydrogen) atoms. The number of hydrogen-bond donors (Lipinski definition) is 2. The van der Waals surface area contributed by atoms with Crippen molar-refractivity contribution in [2.45, 2.75) is 44.7 Å². The molecule has 1 aliphatic carbocycles. The maximum absolute atomic E-state index is 12.2. The highest BCUT2D eigenvalue weighted by atomic mass is 79.9. The minimum Gasteiger partial charge on any atom is -0.349 e. The molecule has 1 atom stereocenters. The number of carbonyl (C=O) groups is 1. The van der Waals surface area contributed by atoms with Gasteiger partial charge in [-0.2, -0.15) is 0 Å². The van der Waals surface area contributed by atoms with Gasteiger partial charge in [-0.15, -0.1) is 0 Å². The van der Waals surface area contributed by atoms with Crippen LogP contribution in [0, 0.1) is 5.92 Å². The van der Waals surface area contributed by atoms with Gasteiger partial charge in [0, 0.05) is 16.4 Å². The standard InChI is InChI=1S/C15H21BrN2O/c1-10(11-2-6-13(16)7-3-11)18-15(19)12-4-8-14(17)9-5-12/h2-3,6-7,10,12,14H,4-5,8-9,17H2,1H3,(H,18,19)/t10-,12?,14?/m1/s1. The van der Waals surface area contributed by atoms with Crippen molar-refractivity contribution in [1.82, 2.24) is 5.32 Å². The highest BCUT2D eigenvalue weighted by Gasteiger charge is 2.25. The largest absolute Gasteiger partial charge is 0.349 e. The summed E-state index contributed by atoms with van der Waals surface area (Å²) < 4.78 is 1.05. The Morgan fingerprint density at radius 2 is 1.84 bits per heavy atom. The number of nitrogens with one attached hydrogen (secondary N) is 1. The third-order valence-electron chi connectivity index (χ3n) is 3.87. The molecule has 0 saturated heterocycles. The predicted molar refractivity (Wildman–Crippen MR) is 80.6 cm³/mol. The number of halogens is 1. The molecule has 3 nitrogen and oxygen atoms in total. The van der Waals surface area contributed by atoms with Gasteiger partial charge in [-0.3, -0.25) is 4.79 Å². The number of hydrogen-bond acceptors (Lipinski definition) is 2. The topological polar surface area (TPSA) is 55.1 Å². The first-order chi connectivity index (χ1) is 9.06. The van der Waals surface area contributed by atoms with Gasteiger partial charge >= 0.3 is 0 Å². The summed E-state index contributed by atoms with van der Waals surface area (Å²) >= 11 is 3.41. The highest BCUT2D eigenvalue weighted by Crippen LogP contribution is 2.24. The van der Waals surface area contributed by atoms with Crippen LogP contribution in [-0.4, -0.2) is 11.9 Å². The lowest BCUT2D eigenvalue weighted by Crippen LogP contribution is -2.37. The Morgan fingerprint density at radius 3 is 2.42 bits per heavy atom. The highest BCUT2D eigenvalue weighted by molar-refractivity contribution is 9.10. The summed E-state index contributed by atoms with van der Waals surface area (Å²) in [6, 6.07) is 8.40. The molecule has 1 aliphatic rings. The van der Waals surface area contributed by atoms with E-state index in [9.17, 15) is 4.79 Å². The molecule has 1 fully saturated rings. The van der Waals surface area contributed by atoms with Crippen molar-refractivity contribution in [2.24, 2.45) is 11.7 Å². The van der Waals surface area contributed by atoms with Crippen molar-refractivity contribution in [3.63, 3.8) is 0 Å². The van der Waals surface area contributed by atoms with E-state index in [0.29, 0.717) is 0 Å². The van der Waals surface area contributed by atoms with Crippen LogP contribution in [0.2, 0.25) is 0 Å². The second-order valence-corrected chi connectivity index (χ2v) is 6.31. The van der Waals surface area contributed by atoms with Crippen LogP contribution >= 0.6 is 15.9 Å². The lowest BCUT2D eigenvalue weighted by molar-refractivity contribution is -0.126. The van der Waals surface area contributed by atoms with Crippen LogP contribution < -0.4 is 11.1 Å². The maximum Gasteiger partial charge on any atom is 0.223 e. The Labute approximate surface area is 123 Å². The van der Waals surface area contributed by atoms with E-state index in [1.807, 2.05) is 31.2 Å². The molecule has 0 spiro atoms. The summed E-state index contributed by atoms with van der Waals surface area (Å²) in [5, 5.41) is 3.11. The lowest BCUT2D eigenvalue weighted by atomic mass is 9.85. The van der Waals surface area contributed by atoms with Crippen LogP contribution in [0.25, 0.3) is 0 Å². The van der Waals surface area contributed by atoms with E-state index in [-0.39, 0.29) is 23.9 Å². The number of carbonyl (C=O) groups excluding carboxylic acids is 1. The van der Waals surface area contributed by atoms with Crippen LogP contribution in [0.15, 0.2) is 28.7 Å². The Hall–Kier alpha value is -0.870. The van der Waals surface area contributed by atoms with E-state index >= 15 is 0 Å². The summed E-state index contributed by atoms with van der Waals surface area (Å²) in [5.74, 6) is 0.306. The third-order valence-corrected chi connectivity index (χ3v) is 4.40. The molecular formula is C15H21BrN2O. The van der Waals surface area contributed by atoms with Crippen molar-refractivity contribution in [3.05, 3.63) is 34.3 Å². The van der Waals surface area contributed by atoms with Gasteiger partial charge < -0.3 is 11.1 Å². The zero-order valence-electron chi connectivity index (χ0n) is 11.2. The van der Waals surface area contributed by atoms with E-state index in [0.717, 1.165) is 35.7 Å².